The van der Waals surface area contributed by atoms with Gasteiger partial charge in [-0.25, -0.2) is 0 Å². The minimum Gasteiger partial charge on any atom is -0.484 e. The summed E-state index contributed by atoms with van der Waals surface area (Å²) >= 11 is 0. The van der Waals surface area contributed by atoms with E-state index in [-0.39, 0.29) is 18.3 Å². The largest absolute Gasteiger partial charge is 0.484 e. The van der Waals surface area contributed by atoms with E-state index in [1.54, 1.807) is 59.5 Å². The maximum Gasteiger partial charge on any atom is 0.260 e. The second kappa shape index (κ2) is 9.93. The monoisotopic (exact) mass is 362 g/mol. The van der Waals surface area contributed by atoms with Crippen molar-refractivity contribution < 1.29 is 14.3 Å². The van der Waals surface area contributed by atoms with Crippen molar-refractivity contribution in [2.75, 3.05) is 19.7 Å². The number of benzene rings is 2. The van der Waals surface area contributed by atoms with Crippen LogP contribution < -0.4 is 4.74 Å². The number of nitrogens with zero attached hydrogens (tertiary/aromatic N) is 2. The van der Waals surface area contributed by atoms with Crippen molar-refractivity contribution in [2.45, 2.75) is 13.8 Å². The molecule has 0 spiro atoms. The molecule has 2 aromatic carbocycles. The molecule has 0 saturated carbocycles. The van der Waals surface area contributed by atoms with Gasteiger partial charge in [0.1, 0.15) is 5.75 Å². The molecule has 2 aromatic rings. The number of carbonyl (C=O) groups excluding carboxylic acids is 2. The number of amides is 1. The van der Waals surface area contributed by atoms with E-state index in [1.165, 1.54) is 6.08 Å². The van der Waals surface area contributed by atoms with E-state index >= 15 is 0 Å². The molecule has 0 aliphatic heterocycles. The first kappa shape index (κ1) is 19.9. The average Bonchev–Trinajstić information content (AvgIpc) is 2.72. The highest BCUT2D eigenvalue weighted by atomic mass is 16.5. The Morgan fingerprint density at radius 1 is 1.04 bits per heavy atom. The van der Waals surface area contributed by atoms with Crippen molar-refractivity contribution >= 4 is 17.8 Å². The van der Waals surface area contributed by atoms with Crippen LogP contribution in [0.3, 0.4) is 0 Å². The number of hydrogen-bond acceptors (Lipinski definition) is 4. The molecule has 138 valence electrons. The fourth-order valence-corrected chi connectivity index (χ4v) is 2.47. The lowest BCUT2D eigenvalue weighted by Crippen LogP contribution is -2.34. The number of ketones is 1. The Kier molecular flexibility index (Phi) is 7.33. The fourth-order valence-electron chi connectivity index (χ4n) is 2.47. The number of rotatable bonds is 8. The highest BCUT2D eigenvalue weighted by Gasteiger charge is 2.10. The SMILES string of the molecule is CCN(CC)C(=O)COc1ccc(C(=O)/C=C/c2ccc(C#N)cc2)cc1. The molecule has 1 amide bonds. The van der Waals surface area contributed by atoms with Crippen molar-refractivity contribution in [3.63, 3.8) is 0 Å². The highest BCUT2D eigenvalue weighted by molar-refractivity contribution is 6.06. The summed E-state index contributed by atoms with van der Waals surface area (Å²) in [5.74, 6) is 0.346. The molecule has 0 aromatic heterocycles. The van der Waals surface area contributed by atoms with Gasteiger partial charge in [0.15, 0.2) is 12.4 Å². The summed E-state index contributed by atoms with van der Waals surface area (Å²) in [5, 5.41) is 8.79. The summed E-state index contributed by atoms with van der Waals surface area (Å²) in [6.07, 6.45) is 3.19. The van der Waals surface area contributed by atoms with Crippen molar-refractivity contribution in [3.05, 3.63) is 71.3 Å². The van der Waals surface area contributed by atoms with E-state index in [0.717, 1.165) is 5.56 Å². The lowest BCUT2D eigenvalue weighted by Gasteiger charge is -2.18. The average molecular weight is 362 g/mol. The van der Waals surface area contributed by atoms with Gasteiger partial charge in [-0.3, -0.25) is 9.59 Å². The van der Waals surface area contributed by atoms with Crippen molar-refractivity contribution in [1.82, 2.24) is 4.90 Å². The van der Waals surface area contributed by atoms with Crippen LogP contribution in [-0.2, 0) is 4.79 Å². The number of ether oxygens (including phenoxy) is 1. The quantitative estimate of drug-likeness (QED) is 0.530. The second-order valence-electron chi connectivity index (χ2n) is 5.81. The molecule has 0 fully saturated rings. The topological polar surface area (TPSA) is 70.4 Å². The Morgan fingerprint density at radius 2 is 1.67 bits per heavy atom. The molecule has 0 saturated heterocycles. The smallest absolute Gasteiger partial charge is 0.260 e. The van der Waals surface area contributed by atoms with Gasteiger partial charge in [0.25, 0.3) is 5.91 Å². The summed E-state index contributed by atoms with van der Waals surface area (Å²) in [6.45, 7) is 5.13. The van der Waals surface area contributed by atoms with Crippen molar-refractivity contribution in [3.8, 4) is 11.8 Å². The van der Waals surface area contributed by atoms with Gasteiger partial charge >= 0.3 is 0 Å². The van der Waals surface area contributed by atoms with Gasteiger partial charge in [0.05, 0.1) is 11.6 Å². The fraction of sp³-hybridized carbons (Fsp3) is 0.227. The van der Waals surface area contributed by atoms with Crippen LogP contribution in [0.5, 0.6) is 5.75 Å². The van der Waals surface area contributed by atoms with Crippen LogP contribution in [0.15, 0.2) is 54.6 Å². The minimum atomic E-state index is -0.134. The first-order valence-corrected chi connectivity index (χ1v) is 8.80. The lowest BCUT2D eigenvalue weighted by molar-refractivity contribution is -0.132. The van der Waals surface area contributed by atoms with E-state index < -0.39 is 0 Å². The van der Waals surface area contributed by atoms with Gasteiger partial charge in [-0.15, -0.1) is 0 Å². The molecule has 0 atom stereocenters. The molecule has 2 rings (SSSR count). The Bertz CT molecular complexity index is 843. The van der Waals surface area contributed by atoms with E-state index in [4.69, 9.17) is 10.00 Å². The summed E-state index contributed by atoms with van der Waals surface area (Å²) in [7, 11) is 0. The third-order valence-corrected chi connectivity index (χ3v) is 4.08. The zero-order valence-electron chi connectivity index (χ0n) is 15.5. The summed E-state index contributed by atoms with van der Waals surface area (Å²) in [4.78, 5) is 25.9. The molecule has 0 bridgehead atoms. The number of hydrogen-bond donors (Lipinski definition) is 0. The predicted molar refractivity (Wildman–Crippen MR) is 104 cm³/mol. The van der Waals surface area contributed by atoms with Gasteiger partial charge in [-0.2, -0.15) is 5.26 Å². The van der Waals surface area contributed by atoms with Crippen LogP contribution in [0.2, 0.25) is 0 Å². The number of nitriles is 1. The standard InChI is InChI=1S/C22H22N2O3/c1-3-24(4-2)22(26)16-27-20-12-10-19(11-13-20)21(25)14-9-17-5-7-18(15-23)8-6-17/h5-14H,3-4,16H2,1-2H3/b14-9+. The molecular weight excluding hydrogens is 340 g/mol. The summed E-state index contributed by atoms with van der Waals surface area (Å²) < 4.78 is 5.49. The number of likely N-dealkylation sites (N-methyl/N-ethyl adjacent to an activating group) is 1. The molecular formula is C22H22N2O3. The van der Waals surface area contributed by atoms with Crippen LogP contribution in [0, 0.1) is 11.3 Å². The van der Waals surface area contributed by atoms with Crippen LogP contribution in [-0.4, -0.2) is 36.3 Å². The molecule has 5 nitrogen and oxygen atoms in total. The maximum atomic E-state index is 12.2. The van der Waals surface area contributed by atoms with Crippen LogP contribution in [0.1, 0.15) is 35.3 Å². The van der Waals surface area contributed by atoms with Crippen LogP contribution >= 0.6 is 0 Å². The predicted octanol–water partition coefficient (Wildman–Crippen LogP) is 3.70. The molecule has 0 aliphatic rings. The van der Waals surface area contributed by atoms with Crippen LogP contribution in [0.25, 0.3) is 6.08 Å². The Hall–Kier alpha value is -3.39. The zero-order valence-corrected chi connectivity index (χ0v) is 15.5. The molecule has 0 unspecified atom stereocenters. The highest BCUT2D eigenvalue weighted by Crippen LogP contribution is 2.14. The molecule has 0 N–H and O–H groups in total. The van der Waals surface area contributed by atoms with Crippen molar-refractivity contribution in [1.29, 1.82) is 5.26 Å². The maximum absolute atomic E-state index is 12.2. The number of carbonyl (C=O) groups is 2. The third-order valence-electron chi connectivity index (χ3n) is 4.08. The van der Waals surface area contributed by atoms with Gasteiger partial charge in [0, 0.05) is 18.7 Å². The lowest BCUT2D eigenvalue weighted by atomic mass is 10.1. The van der Waals surface area contributed by atoms with E-state index in [1.807, 2.05) is 13.8 Å². The third kappa shape index (κ3) is 5.82. The zero-order chi connectivity index (χ0) is 19.6. The van der Waals surface area contributed by atoms with Gasteiger partial charge in [-0.1, -0.05) is 18.2 Å². The number of allylic oxidation sites excluding steroid dienone is 1. The molecule has 0 radical (unpaired) electrons. The van der Waals surface area contributed by atoms with Gasteiger partial charge in [-0.05, 0) is 61.9 Å². The first-order chi connectivity index (χ1) is 13.1. The van der Waals surface area contributed by atoms with E-state index in [2.05, 4.69) is 6.07 Å². The van der Waals surface area contributed by atoms with Crippen molar-refractivity contribution in [2.24, 2.45) is 0 Å². The van der Waals surface area contributed by atoms with Gasteiger partial charge in [0.2, 0.25) is 0 Å². The molecule has 5 heteroatoms. The second-order valence-corrected chi connectivity index (χ2v) is 5.81. The Labute approximate surface area is 159 Å². The minimum absolute atomic E-state index is 0.0203. The van der Waals surface area contributed by atoms with E-state index in [0.29, 0.717) is 30.0 Å². The molecule has 27 heavy (non-hydrogen) atoms. The molecule has 0 heterocycles. The van der Waals surface area contributed by atoms with Crippen LogP contribution in [0.4, 0.5) is 0 Å². The molecule has 0 aliphatic carbocycles. The normalized spacial score (nSPS) is 10.4. The Morgan fingerprint density at radius 3 is 2.22 bits per heavy atom. The van der Waals surface area contributed by atoms with Gasteiger partial charge < -0.3 is 9.64 Å². The Balaban J connectivity index is 1.93. The van der Waals surface area contributed by atoms with E-state index in [9.17, 15) is 9.59 Å². The summed E-state index contributed by atoms with van der Waals surface area (Å²) in [5.41, 5.74) is 1.95. The first-order valence-electron chi connectivity index (χ1n) is 8.80. The summed E-state index contributed by atoms with van der Waals surface area (Å²) in [6, 6.07) is 15.7.